The van der Waals surface area contributed by atoms with Crippen LogP contribution in [0.1, 0.15) is 17.5 Å². The first kappa shape index (κ1) is 21.2. The van der Waals surface area contributed by atoms with Crippen molar-refractivity contribution in [2.75, 3.05) is 18.5 Å². The van der Waals surface area contributed by atoms with Gasteiger partial charge in [0.2, 0.25) is 15.9 Å². The van der Waals surface area contributed by atoms with Crippen molar-refractivity contribution in [2.24, 2.45) is 0 Å². The maximum Gasteiger partial charge on any atom is 0.240 e. The highest BCUT2D eigenvalue weighted by atomic mass is 32.2. The topological polar surface area (TPSA) is 66.5 Å². The van der Waals surface area contributed by atoms with Crippen LogP contribution in [0.4, 0.5) is 10.1 Å². The molecule has 160 valence electrons. The number of hydrogen-bond donors (Lipinski definition) is 1. The highest BCUT2D eigenvalue weighted by Gasteiger charge is 2.26. The third-order valence-electron chi connectivity index (χ3n) is 5.51. The molecular weight excluding hydrogens is 415 g/mol. The summed E-state index contributed by atoms with van der Waals surface area (Å²) in [7, 11) is -1.96. The van der Waals surface area contributed by atoms with E-state index in [1.54, 1.807) is 37.4 Å². The number of carbonyl (C=O) groups excluding carboxylic acids is 1. The molecule has 4 rings (SSSR count). The summed E-state index contributed by atoms with van der Waals surface area (Å²) in [6.07, 6.45) is 1.55. The van der Waals surface area contributed by atoms with E-state index in [0.717, 1.165) is 22.4 Å². The number of rotatable bonds is 7. The first-order valence-electron chi connectivity index (χ1n) is 10.1. The van der Waals surface area contributed by atoms with E-state index >= 15 is 0 Å². The Morgan fingerprint density at radius 2 is 1.77 bits per heavy atom. The van der Waals surface area contributed by atoms with Crippen LogP contribution in [0.5, 0.6) is 0 Å². The van der Waals surface area contributed by atoms with Crippen molar-refractivity contribution < 1.29 is 17.6 Å². The van der Waals surface area contributed by atoms with Gasteiger partial charge in [0.05, 0.1) is 11.3 Å². The molecule has 5 nitrogen and oxygen atoms in total. The maximum atomic E-state index is 13.9. The van der Waals surface area contributed by atoms with E-state index in [-0.39, 0.29) is 23.0 Å². The molecule has 1 heterocycles. The van der Waals surface area contributed by atoms with Gasteiger partial charge in [-0.1, -0.05) is 42.5 Å². The van der Waals surface area contributed by atoms with Crippen molar-refractivity contribution in [1.82, 2.24) is 4.72 Å². The van der Waals surface area contributed by atoms with Crippen LogP contribution in [0.25, 0.3) is 11.1 Å². The normalized spacial score (nSPS) is 13.5. The molecule has 1 aliphatic heterocycles. The molecule has 0 aromatic heterocycles. The van der Waals surface area contributed by atoms with Gasteiger partial charge in [0.1, 0.15) is 5.82 Å². The lowest BCUT2D eigenvalue weighted by Crippen LogP contribution is -2.25. The molecule has 1 N–H and O–H groups in total. The van der Waals surface area contributed by atoms with E-state index in [1.165, 1.54) is 17.0 Å². The van der Waals surface area contributed by atoms with Crippen LogP contribution in [0, 0.1) is 5.82 Å². The monoisotopic (exact) mass is 438 g/mol. The number of hydrogen-bond acceptors (Lipinski definition) is 3. The van der Waals surface area contributed by atoms with Crippen LogP contribution >= 0.6 is 0 Å². The molecular formula is C24H23FN2O3S. The lowest BCUT2D eigenvalue weighted by Gasteiger charge is -2.11. The second kappa shape index (κ2) is 8.61. The van der Waals surface area contributed by atoms with Gasteiger partial charge in [-0.3, -0.25) is 4.79 Å². The molecule has 7 heteroatoms. The molecule has 0 unspecified atom stereocenters. The highest BCUT2D eigenvalue weighted by Crippen LogP contribution is 2.29. The number of sulfonamides is 1. The minimum absolute atomic E-state index is 0.0430. The van der Waals surface area contributed by atoms with E-state index < -0.39 is 10.0 Å². The Kier molecular flexibility index (Phi) is 5.89. The summed E-state index contributed by atoms with van der Waals surface area (Å²) < 4.78 is 41.7. The molecule has 1 aliphatic rings. The maximum absolute atomic E-state index is 13.9. The van der Waals surface area contributed by atoms with E-state index in [2.05, 4.69) is 4.72 Å². The van der Waals surface area contributed by atoms with Crippen molar-refractivity contribution in [3.8, 4) is 11.1 Å². The van der Waals surface area contributed by atoms with Gasteiger partial charge in [-0.05, 0) is 53.8 Å². The minimum atomic E-state index is -3.64. The molecule has 0 bridgehead atoms. The van der Waals surface area contributed by atoms with E-state index in [0.29, 0.717) is 24.9 Å². The number of aryl methyl sites for hydroxylation is 1. The molecule has 0 aliphatic carbocycles. The Bertz CT molecular complexity index is 1220. The molecule has 0 fully saturated rings. The smallest absolute Gasteiger partial charge is 0.240 e. The van der Waals surface area contributed by atoms with E-state index in [9.17, 15) is 17.6 Å². The molecule has 0 radical (unpaired) electrons. The number of likely N-dealkylation sites (N-methyl/N-ethyl adjacent to an activating group) is 1. The number of carbonyl (C=O) groups is 1. The molecule has 0 spiro atoms. The Labute approximate surface area is 181 Å². The van der Waals surface area contributed by atoms with Crippen molar-refractivity contribution >= 4 is 21.6 Å². The van der Waals surface area contributed by atoms with Crippen LogP contribution in [-0.4, -0.2) is 27.9 Å². The first-order valence-corrected chi connectivity index (χ1v) is 11.6. The standard InChI is InChI=1S/C24H23FN2O3S/c1-27-23-13-12-20(15-19(23)16-24(27)28)31(29,30)26-14-4-5-17-8-10-18(11-9-17)21-6-2-3-7-22(21)25/h2-3,6-13,15,26H,4-5,14,16H2,1H3. The number of anilines is 1. The Hall–Kier alpha value is -3.03. The molecule has 0 saturated carbocycles. The summed E-state index contributed by atoms with van der Waals surface area (Å²) in [5, 5.41) is 0. The zero-order valence-corrected chi connectivity index (χ0v) is 18.0. The fourth-order valence-electron chi connectivity index (χ4n) is 3.74. The van der Waals surface area contributed by atoms with Gasteiger partial charge >= 0.3 is 0 Å². The van der Waals surface area contributed by atoms with Crippen molar-refractivity contribution in [3.63, 3.8) is 0 Å². The molecule has 31 heavy (non-hydrogen) atoms. The summed E-state index contributed by atoms with van der Waals surface area (Å²) in [6, 6.07) is 19.0. The lowest BCUT2D eigenvalue weighted by molar-refractivity contribution is -0.117. The first-order chi connectivity index (χ1) is 14.8. The van der Waals surface area contributed by atoms with Crippen molar-refractivity contribution in [2.45, 2.75) is 24.2 Å². The van der Waals surface area contributed by atoms with Gasteiger partial charge in [-0.15, -0.1) is 0 Å². The van der Waals surface area contributed by atoms with Crippen molar-refractivity contribution in [3.05, 3.63) is 83.7 Å². The molecule has 3 aromatic carbocycles. The average Bonchev–Trinajstić information content (AvgIpc) is 3.05. The van der Waals surface area contributed by atoms with Crippen LogP contribution < -0.4 is 9.62 Å². The van der Waals surface area contributed by atoms with Gasteiger partial charge in [-0.25, -0.2) is 17.5 Å². The van der Waals surface area contributed by atoms with Gasteiger partial charge < -0.3 is 4.90 Å². The quantitative estimate of drug-likeness (QED) is 0.569. The predicted octanol–water partition coefficient (Wildman–Crippen LogP) is 3.92. The summed E-state index contributed by atoms with van der Waals surface area (Å²) >= 11 is 0. The average molecular weight is 439 g/mol. The summed E-state index contributed by atoms with van der Waals surface area (Å²) in [4.78, 5) is 13.5. The van der Waals surface area contributed by atoms with Crippen LogP contribution in [0.15, 0.2) is 71.6 Å². The summed E-state index contributed by atoms with van der Waals surface area (Å²) in [6.45, 7) is 0.299. The number of fused-ring (bicyclic) bond motifs is 1. The zero-order valence-electron chi connectivity index (χ0n) is 17.1. The van der Waals surface area contributed by atoms with Gasteiger partial charge in [0.25, 0.3) is 0 Å². The zero-order chi connectivity index (χ0) is 22.0. The Morgan fingerprint density at radius 1 is 1.03 bits per heavy atom. The number of nitrogens with zero attached hydrogens (tertiary/aromatic N) is 1. The fourth-order valence-corrected chi connectivity index (χ4v) is 4.87. The Morgan fingerprint density at radius 3 is 2.52 bits per heavy atom. The number of amides is 1. The molecule has 3 aromatic rings. The summed E-state index contributed by atoms with van der Waals surface area (Å²) in [5.74, 6) is -0.300. The van der Waals surface area contributed by atoms with Crippen LogP contribution in [0.2, 0.25) is 0 Å². The van der Waals surface area contributed by atoms with E-state index in [4.69, 9.17) is 0 Å². The second-order valence-electron chi connectivity index (χ2n) is 7.60. The molecule has 0 atom stereocenters. The fraction of sp³-hybridized carbons (Fsp3) is 0.208. The number of halogens is 1. The van der Waals surface area contributed by atoms with Crippen molar-refractivity contribution in [1.29, 1.82) is 0 Å². The second-order valence-corrected chi connectivity index (χ2v) is 9.37. The largest absolute Gasteiger partial charge is 0.315 e. The molecule has 0 saturated heterocycles. The third kappa shape index (κ3) is 4.52. The SMILES string of the molecule is CN1C(=O)Cc2cc(S(=O)(=O)NCCCc3ccc(-c4ccccc4F)cc3)ccc21. The number of benzene rings is 3. The minimum Gasteiger partial charge on any atom is -0.315 e. The summed E-state index contributed by atoms with van der Waals surface area (Å²) in [5.41, 5.74) is 3.90. The lowest BCUT2D eigenvalue weighted by atomic mass is 10.0. The van der Waals surface area contributed by atoms with Gasteiger partial charge in [-0.2, -0.15) is 0 Å². The predicted molar refractivity (Wildman–Crippen MR) is 119 cm³/mol. The third-order valence-corrected chi connectivity index (χ3v) is 6.97. The highest BCUT2D eigenvalue weighted by molar-refractivity contribution is 7.89. The van der Waals surface area contributed by atoms with Crippen LogP contribution in [-0.2, 0) is 27.7 Å². The Balaban J connectivity index is 1.33. The van der Waals surface area contributed by atoms with Gasteiger partial charge in [0.15, 0.2) is 0 Å². The molecule has 1 amide bonds. The van der Waals surface area contributed by atoms with Gasteiger partial charge in [0, 0.05) is 24.8 Å². The van der Waals surface area contributed by atoms with Crippen LogP contribution in [0.3, 0.4) is 0 Å². The van der Waals surface area contributed by atoms with E-state index in [1.807, 2.05) is 24.3 Å². The number of nitrogens with one attached hydrogen (secondary N) is 1.